The third kappa shape index (κ3) is 4.19. The molecule has 1 amide bonds. The van der Waals surface area contributed by atoms with E-state index < -0.39 is 0 Å². The normalized spacial score (nSPS) is 17.0. The van der Waals surface area contributed by atoms with Gasteiger partial charge in [-0.25, -0.2) is 0 Å². The van der Waals surface area contributed by atoms with Crippen molar-refractivity contribution in [2.45, 2.75) is 39.7 Å². The summed E-state index contributed by atoms with van der Waals surface area (Å²) >= 11 is 0. The van der Waals surface area contributed by atoms with Crippen LogP contribution in [0.1, 0.15) is 41.4 Å². The molecule has 1 fully saturated rings. The van der Waals surface area contributed by atoms with E-state index in [1.165, 1.54) is 0 Å². The zero-order chi connectivity index (χ0) is 18.7. The number of amides is 1. The average Bonchev–Trinajstić information content (AvgIpc) is 3.06. The quantitative estimate of drug-likeness (QED) is 0.834. The summed E-state index contributed by atoms with van der Waals surface area (Å²) in [6.45, 7) is 7.15. The van der Waals surface area contributed by atoms with Gasteiger partial charge in [-0.05, 0) is 46.7 Å². The zero-order valence-electron chi connectivity index (χ0n) is 15.5. The topological polar surface area (TPSA) is 75.4 Å². The van der Waals surface area contributed by atoms with Crippen LogP contribution in [-0.4, -0.2) is 40.9 Å². The lowest BCUT2D eigenvalue weighted by Gasteiger charge is -2.34. The molecule has 0 saturated carbocycles. The smallest absolute Gasteiger partial charge is 0.243 e. The summed E-state index contributed by atoms with van der Waals surface area (Å²) in [4.78, 5) is 27.1. The third-order valence-electron chi connectivity index (χ3n) is 5.04. The minimum absolute atomic E-state index is 0.0288. The number of hydrogen-bond acceptors (Lipinski definition) is 5. The lowest BCUT2D eigenvalue weighted by Crippen LogP contribution is -2.46. The van der Waals surface area contributed by atoms with Gasteiger partial charge in [-0.1, -0.05) is 35.0 Å². The molecule has 6 heteroatoms. The Kier molecular flexibility index (Phi) is 5.52. The van der Waals surface area contributed by atoms with Gasteiger partial charge in [0.1, 0.15) is 0 Å². The molecule has 2 heterocycles. The summed E-state index contributed by atoms with van der Waals surface area (Å²) in [6, 6.07) is 9.16. The number of carbonyl (C=O) groups is 2. The second-order valence-corrected chi connectivity index (χ2v) is 7.04. The highest BCUT2D eigenvalue weighted by Crippen LogP contribution is 2.23. The summed E-state index contributed by atoms with van der Waals surface area (Å²) < 4.78 is 5.03. The standard InChI is InChI=1S/C20H25N3O3/c1-13-4-6-16(7-5-13)19(24)17-8-10-23(11-9-17)15(3)20(25)21-18-12-14(2)22-26-18/h4-7,12,15,17H,8-11H2,1-3H3,(H,21,25)/t15-/m0/s1. The van der Waals surface area contributed by atoms with Gasteiger partial charge >= 0.3 is 0 Å². The van der Waals surface area contributed by atoms with Crippen molar-refractivity contribution in [1.82, 2.24) is 10.1 Å². The molecule has 1 aromatic heterocycles. The molecule has 6 nitrogen and oxygen atoms in total. The van der Waals surface area contributed by atoms with Crippen LogP contribution in [-0.2, 0) is 4.79 Å². The first-order chi connectivity index (χ1) is 12.4. The number of carbonyl (C=O) groups excluding carboxylic acids is 2. The number of nitrogens with one attached hydrogen (secondary N) is 1. The molecule has 3 rings (SSSR count). The van der Waals surface area contributed by atoms with E-state index in [0.29, 0.717) is 5.88 Å². The Labute approximate surface area is 153 Å². The molecule has 0 bridgehead atoms. The van der Waals surface area contributed by atoms with Gasteiger partial charge < -0.3 is 4.52 Å². The van der Waals surface area contributed by atoms with Crippen molar-refractivity contribution in [3.05, 3.63) is 47.2 Å². The van der Waals surface area contributed by atoms with E-state index in [-0.39, 0.29) is 23.7 Å². The molecular weight excluding hydrogens is 330 g/mol. The highest BCUT2D eigenvalue weighted by atomic mass is 16.5. The Balaban J connectivity index is 1.53. The molecular formula is C20H25N3O3. The fourth-order valence-corrected chi connectivity index (χ4v) is 3.32. The van der Waals surface area contributed by atoms with Crippen LogP contribution in [0.5, 0.6) is 0 Å². The van der Waals surface area contributed by atoms with Crippen molar-refractivity contribution in [3.8, 4) is 0 Å². The van der Waals surface area contributed by atoms with E-state index in [2.05, 4.69) is 15.4 Å². The molecule has 138 valence electrons. The van der Waals surface area contributed by atoms with Crippen molar-refractivity contribution in [2.75, 3.05) is 18.4 Å². The van der Waals surface area contributed by atoms with E-state index in [0.717, 1.165) is 42.8 Å². The Morgan fingerprint density at radius 3 is 2.42 bits per heavy atom. The molecule has 1 N–H and O–H groups in total. The van der Waals surface area contributed by atoms with Gasteiger partial charge in [0, 0.05) is 17.5 Å². The SMILES string of the molecule is Cc1ccc(C(=O)C2CCN([C@@H](C)C(=O)Nc3cc(C)no3)CC2)cc1. The number of likely N-dealkylation sites (tertiary alicyclic amines) is 1. The fraction of sp³-hybridized carbons (Fsp3) is 0.450. The summed E-state index contributed by atoms with van der Waals surface area (Å²) in [7, 11) is 0. The van der Waals surface area contributed by atoms with Gasteiger partial charge in [-0.2, -0.15) is 0 Å². The van der Waals surface area contributed by atoms with Crippen LogP contribution in [0.15, 0.2) is 34.9 Å². The second kappa shape index (κ2) is 7.83. The van der Waals surface area contributed by atoms with Gasteiger partial charge in [0.25, 0.3) is 0 Å². The number of rotatable bonds is 5. The summed E-state index contributed by atoms with van der Waals surface area (Å²) in [5.74, 6) is 0.480. The van der Waals surface area contributed by atoms with E-state index >= 15 is 0 Å². The molecule has 0 radical (unpaired) electrons. The van der Waals surface area contributed by atoms with Crippen molar-refractivity contribution < 1.29 is 14.1 Å². The summed E-state index contributed by atoms with van der Waals surface area (Å²) in [6.07, 6.45) is 1.54. The predicted molar refractivity (Wildman–Crippen MR) is 99.1 cm³/mol. The largest absolute Gasteiger partial charge is 0.338 e. The highest BCUT2D eigenvalue weighted by Gasteiger charge is 2.30. The minimum atomic E-state index is -0.282. The molecule has 0 spiro atoms. The fourth-order valence-electron chi connectivity index (χ4n) is 3.32. The summed E-state index contributed by atoms with van der Waals surface area (Å²) in [5, 5.41) is 6.51. The van der Waals surface area contributed by atoms with E-state index in [4.69, 9.17) is 4.52 Å². The lowest BCUT2D eigenvalue weighted by atomic mass is 9.88. The van der Waals surface area contributed by atoms with Gasteiger partial charge in [-0.3, -0.25) is 19.8 Å². The minimum Gasteiger partial charge on any atom is -0.338 e. The first kappa shape index (κ1) is 18.3. The maximum Gasteiger partial charge on any atom is 0.243 e. The monoisotopic (exact) mass is 355 g/mol. The molecule has 1 atom stereocenters. The van der Waals surface area contributed by atoms with Crippen molar-refractivity contribution in [1.29, 1.82) is 0 Å². The zero-order valence-corrected chi connectivity index (χ0v) is 15.5. The number of aryl methyl sites for hydroxylation is 2. The summed E-state index contributed by atoms with van der Waals surface area (Å²) in [5.41, 5.74) is 2.65. The van der Waals surface area contributed by atoms with Crippen LogP contribution in [0.4, 0.5) is 5.88 Å². The number of piperidine rings is 1. The number of anilines is 1. The Hall–Kier alpha value is -2.47. The van der Waals surface area contributed by atoms with Gasteiger partial charge in [0.05, 0.1) is 11.7 Å². The van der Waals surface area contributed by atoms with E-state index in [1.807, 2.05) is 38.1 Å². The number of benzene rings is 1. The van der Waals surface area contributed by atoms with Crippen molar-refractivity contribution in [2.24, 2.45) is 5.92 Å². The van der Waals surface area contributed by atoms with Crippen molar-refractivity contribution in [3.63, 3.8) is 0 Å². The van der Waals surface area contributed by atoms with Gasteiger partial charge in [-0.15, -0.1) is 0 Å². The number of aromatic nitrogens is 1. The Bertz CT molecular complexity index is 774. The molecule has 1 aromatic carbocycles. The van der Waals surface area contributed by atoms with Crippen molar-refractivity contribution >= 4 is 17.6 Å². The molecule has 1 saturated heterocycles. The van der Waals surface area contributed by atoms with Crippen LogP contribution in [0.3, 0.4) is 0 Å². The lowest BCUT2D eigenvalue weighted by molar-refractivity contribution is -0.121. The van der Waals surface area contributed by atoms with Crippen LogP contribution >= 0.6 is 0 Å². The maximum atomic E-state index is 12.6. The maximum absolute atomic E-state index is 12.6. The second-order valence-electron chi connectivity index (χ2n) is 7.04. The van der Waals surface area contributed by atoms with Crippen LogP contribution in [0.25, 0.3) is 0 Å². The first-order valence-electron chi connectivity index (χ1n) is 9.03. The van der Waals surface area contributed by atoms with E-state index in [9.17, 15) is 9.59 Å². The highest BCUT2D eigenvalue weighted by molar-refractivity contribution is 5.98. The molecule has 2 aromatic rings. The number of ketones is 1. The third-order valence-corrected chi connectivity index (χ3v) is 5.04. The van der Waals surface area contributed by atoms with E-state index in [1.54, 1.807) is 13.0 Å². The van der Waals surface area contributed by atoms with Gasteiger partial charge in [0.15, 0.2) is 5.78 Å². The van der Waals surface area contributed by atoms with Crippen LogP contribution in [0, 0.1) is 19.8 Å². The number of hydrogen-bond donors (Lipinski definition) is 1. The van der Waals surface area contributed by atoms with Gasteiger partial charge in [0.2, 0.25) is 11.8 Å². The molecule has 1 aliphatic rings. The number of Topliss-reactive ketones (excluding diaryl/α,β-unsaturated/α-hetero) is 1. The predicted octanol–water partition coefficient (Wildman–Crippen LogP) is 3.21. The Morgan fingerprint density at radius 2 is 1.85 bits per heavy atom. The molecule has 0 aliphatic carbocycles. The molecule has 0 unspecified atom stereocenters. The Morgan fingerprint density at radius 1 is 1.19 bits per heavy atom. The molecule has 1 aliphatic heterocycles. The first-order valence-corrected chi connectivity index (χ1v) is 9.03. The number of nitrogens with zero attached hydrogens (tertiary/aromatic N) is 2. The van der Waals surface area contributed by atoms with Crippen LogP contribution < -0.4 is 5.32 Å². The van der Waals surface area contributed by atoms with Crippen LogP contribution in [0.2, 0.25) is 0 Å². The average molecular weight is 355 g/mol. The molecule has 26 heavy (non-hydrogen) atoms.